The average Bonchev–Trinajstić information content (AvgIpc) is 3.53. The highest BCUT2D eigenvalue weighted by atomic mass is 16.5. The fourth-order valence-corrected chi connectivity index (χ4v) is 3.97. The van der Waals surface area contributed by atoms with Crippen LogP contribution in [0.3, 0.4) is 0 Å². The molecule has 2 aromatic heterocycles. The number of imidazole rings is 1. The number of ether oxygens (including phenoxy) is 1. The van der Waals surface area contributed by atoms with E-state index in [1.165, 1.54) is 18.2 Å². The second-order valence-corrected chi connectivity index (χ2v) is 8.29. The summed E-state index contributed by atoms with van der Waals surface area (Å²) < 4.78 is 12.5. The highest BCUT2D eigenvalue weighted by Gasteiger charge is 2.12. The molecule has 2 heterocycles. The summed E-state index contributed by atoms with van der Waals surface area (Å²) in [6.07, 6.45) is 11.2. The number of methoxy groups -OCH3 is 1. The number of benzene rings is 2. The molecule has 0 fully saturated rings. The summed E-state index contributed by atoms with van der Waals surface area (Å²) in [5.41, 5.74) is 5.67. The first-order valence-corrected chi connectivity index (χ1v) is 11.6. The van der Waals surface area contributed by atoms with Gasteiger partial charge < -0.3 is 13.7 Å². The molecule has 4 rings (SSSR count). The SMILES string of the molecule is COC(=O)CCCCC=Cc1ccccc1Cn1c(C)cnc1-c1ccc(-c2ccco2)cc1. The number of hydrogen-bond acceptors (Lipinski definition) is 4. The molecule has 174 valence electrons. The minimum absolute atomic E-state index is 0.142. The van der Waals surface area contributed by atoms with E-state index in [1.54, 1.807) is 6.26 Å². The van der Waals surface area contributed by atoms with Crippen molar-refractivity contribution in [1.82, 2.24) is 9.55 Å². The number of carbonyl (C=O) groups is 1. The average molecular weight is 455 g/mol. The number of hydrogen-bond donors (Lipinski definition) is 0. The first-order chi connectivity index (χ1) is 16.7. The lowest BCUT2D eigenvalue weighted by atomic mass is 10.1. The van der Waals surface area contributed by atoms with Crippen LogP contribution in [0.1, 0.15) is 42.5 Å². The van der Waals surface area contributed by atoms with Crippen LogP contribution in [0.4, 0.5) is 0 Å². The predicted molar refractivity (Wildman–Crippen MR) is 135 cm³/mol. The maximum atomic E-state index is 11.2. The summed E-state index contributed by atoms with van der Waals surface area (Å²) >= 11 is 0. The third-order valence-corrected chi connectivity index (χ3v) is 5.91. The maximum absolute atomic E-state index is 11.2. The van der Waals surface area contributed by atoms with Crippen molar-refractivity contribution in [2.75, 3.05) is 7.11 Å². The number of nitrogens with zero attached hydrogens (tertiary/aromatic N) is 2. The van der Waals surface area contributed by atoms with Gasteiger partial charge in [-0.15, -0.1) is 0 Å². The zero-order valence-electron chi connectivity index (χ0n) is 19.7. The number of aryl methyl sites for hydroxylation is 1. The number of aromatic nitrogens is 2. The first kappa shape index (κ1) is 23.3. The summed E-state index contributed by atoms with van der Waals surface area (Å²) in [6, 6.07) is 20.6. The zero-order valence-corrected chi connectivity index (χ0v) is 19.7. The molecule has 4 aromatic rings. The number of unbranched alkanes of at least 4 members (excludes halogenated alkanes) is 2. The van der Waals surface area contributed by atoms with Crippen molar-refractivity contribution in [2.45, 2.75) is 39.2 Å². The van der Waals surface area contributed by atoms with E-state index in [-0.39, 0.29) is 5.97 Å². The van der Waals surface area contributed by atoms with Gasteiger partial charge in [0, 0.05) is 36.0 Å². The van der Waals surface area contributed by atoms with Gasteiger partial charge in [-0.05, 0) is 49.4 Å². The van der Waals surface area contributed by atoms with E-state index in [0.29, 0.717) is 6.42 Å². The maximum Gasteiger partial charge on any atom is 0.305 e. The Morgan fingerprint density at radius 1 is 1.03 bits per heavy atom. The third-order valence-electron chi connectivity index (χ3n) is 5.91. The van der Waals surface area contributed by atoms with Gasteiger partial charge in [0.05, 0.1) is 13.4 Å². The number of allylic oxidation sites excluding steroid dienone is 1. The van der Waals surface area contributed by atoms with Crippen molar-refractivity contribution in [3.63, 3.8) is 0 Å². The van der Waals surface area contributed by atoms with Gasteiger partial charge in [0.1, 0.15) is 11.6 Å². The van der Waals surface area contributed by atoms with E-state index < -0.39 is 0 Å². The molecule has 5 heteroatoms. The molecule has 0 saturated heterocycles. The minimum atomic E-state index is -0.142. The summed E-state index contributed by atoms with van der Waals surface area (Å²) in [5.74, 6) is 1.67. The number of carbonyl (C=O) groups excluding carboxylic acids is 1. The van der Waals surface area contributed by atoms with E-state index in [1.807, 2.05) is 18.3 Å². The largest absolute Gasteiger partial charge is 0.469 e. The van der Waals surface area contributed by atoms with Crippen molar-refractivity contribution in [1.29, 1.82) is 0 Å². The Labute approximate surface area is 200 Å². The number of furan rings is 1. The van der Waals surface area contributed by atoms with Gasteiger partial charge in [-0.1, -0.05) is 60.7 Å². The smallest absolute Gasteiger partial charge is 0.305 e. The lowest BCUT2D eigenvalue weighted by Crippen LogP contribution is -2.05. The molecule has 0 amide bonds. The van der Waals surface area contributed by atoms with Gasteiger partial charge in [-0.2, -0.15) is 0 Å². The summed E-state index contributed by atoms with van der Waals surface area (Å²) in [6.45, 7) is 2.83. The van der Waals surface area contributed by atoms with Crippen LogP contribution in [-0.4, -0.2) is 22.6 Å². The van der Waals surface area contributed by atoms with Crippen molar-refractivity contribution < 1.29 is 13.9 Å². The Hall–Kier alpha value is -3.86. The van der Waals surface area contributed by atoms with Crippen LogP contribution in [0.5, 0.6) is 0 Å². The Morgan fingerprint density at radius 2 is 1.82 bits per heavy atom. The van der Waals surface area contributed by atoms with Crippen LogP contribution in [0.2, 0.25) is 0 Å². The fraction of sp³-hybridized carbons (Fsp3) is 0.241. The van der Waals surface area contributed by atoms with Crippen molar-refractivity contribution in [3.8, 4) is 22.7 Å². The van der Waals surface area contributed by atoms with E-state index >= 15 is 0 Å². The Kier molecular flexibility index (Phi) is 7.76. The van der Waals surface area contributed by atoms with Gasteiger partial charge >= 0.3 is 5.97 Å². The molecular weight excluding hydrogens is 424 g/mol. The topological polar surface area (TPSA) is 57.3 Å². The predicted octanol–water partition coefficient (Wildman–Crippen LogP) is 6.91. The molecule has 34 heavy (non-hydrogen) atoms. The molecule has 0 saturated carbocycles. The van der Waals surface area contributed by atoms with E-state index in [9.17, 15) is 4.79 Å². The van der Waals surface area contributed by atoms with Crippen LogP contribution in [0, 0.1) is 6.92 Å². The van der Waals surface area contributed by atoms with Gasteiger partial charge in [-0.3, -0.25) is 4.79 Å². The van der Waals surface area contributed by atoms with E-state index in [4.69, 9.17) is 14.1 Å². The Balaban J connectivity index is 1.47. The summed E-state index contributed by atoms with van der Waals surface area (Å²) in [5, 5.41) is 0. The van der Waals surface area contributed by atoms with Crippen LogP contribution in [0.15, 0.2) is 83.6 Å². The minimum Gasteiger partial charge on any atom is -0.469 e. The highest BCUT2D eigenvalue weighted by molar-refractivity contribution is 5.69. The molecule has 0 bridgehead atoms. The molecule has 0 aliphatic rings. The van der Waals surface area contributed by atoms with Gasteiger partial charge in [0.2, 0.25) is 0 Å². The normalized spacial score (nSPS) is 11.2. The fourth-order valence-electron chi connectivity index (χ4n) is 3.97. The molecule has 0 aliphatic carbocycles. The van der Waals surface area contributed by atoms with Crippen molar-refractivity contribution in [3.05, 3.63) is 96.0 Å². The molecule has 0 spiro atoms. The Morgan fingerprint density at radius 3 is 2.59 bits per heavy atom. The molecule has 0 N–H and O–H groups in total. The molecule has 0 aliphatic heterocycles. The van der Waals surface area contributed by atoms with Gasteiger partial charge in [0.15, 0.2) is 0 Å². The molecule has 0 unspecified atom stereocenters. The lowest BCUT2D eigenvalue weighted by molar-refractivity contribution is -0.140. The number of esters is 1. The van der Waals surface area contributed by atoms with Crippen molar-refractivity contribution in [2.24, 2.45) is 0 Å². The summed E-state index contributed by atoms with van der Waals surface area (Å²) in [7, 11) is 1.43. The van der Waals surface area contributed by atoms with Crippen LogP contribution < -0.4 is 0 Å². The third kappa shape index (κ3) is 5.73. The molecule has 0 radical (unpaired) electrons. The zero-order chi connectivity index (χ0) is 23.8. The van der Waals surface area contributed by atoms with Crippen LogP contribution >= 0.6 is 0 Å². The monoisotopic (exact) mass is 454 g/mol. The number of rotatable bonds is 10. The molecule has 0 atom stereocenters. The quantitative estimate of drug-likeness (QED) is 0.193. The summed E-state index contributed by atoms with van der Waals surface area (Å²) in [4.78, 5) is 15.9. The highest BCUT2D eigenvalue weighted by Crippen LogP contribution is 2.26. The van der Waals surface area contributed by atoms with E-state index in [2.05, 4.69) is 72.2 Å². The Bertz CT molecular complexity index is 1230. The van der Waals surface area contributed by atoms with Crippen LogP contribution in [-0.2, 0) is 16.1 Å². The van der Waals surface area contributed by atoms with Crippen molar-refractivity contribution >= 4 is 12.0 Å². The van der Waals surface area contributed by atoms with E-state index in [0.717, 1.165) is 54.2 Å². The molecular formula is C29H30N2O3. The van der Waals surface area contributed by atoms with Gasteiger partial charge in [-0.25, -0.2) is 4.98 Å². The second kappa shape index (κ2) is 11.3. The molecule has 2 aromatic carbocycles. The second-order valence-electron chi connectivity index (χ2n) is 8.29. The van der Waals surface area contributed by atoms with Gasteiger partial charge in [0.25, 0.3) is 0 Å². The molecule has 5 nitrogen and oxygen atoms in total. The van der Waals surface area contributed by atoms with Crippen LogP contribution in [0.25, 0.3) is 28.8 Å². The first-order valence-electron chi connectivity index (χ1n) is 11.6. The lowest BCUT2D eigenvalue weighted by Gasteiger charge is -2.13. The standard InChI is InChI=1S/C29H30N2O3/c1-22-20-30-29(25-17-15-24(16-18-25)27-13-9-19-34-27)31(22)21-26-12-8-7-11-23(26)10-5-3-4-6-14-28(32)33-2/h5,7-13,15-20H,3-4,6,14,21H2,1-2H3.